The molecule has 0 spiro atoms. The standard InChI is InChI=1S/C14H17N3O2/c1-3-19-11-6-4-5-10(7-11)14-16-12(9(2)15)8-13(18)17-14/h4-9H,3,15H2,1-2H3,(H,16,17,18). The highest BCUT2D eigenvalue weighted by Crippen LogP contribution is 2.21. The van der Waals surface area contributed by atoms with Crippen molar-refractivity contribution in [3.8, 4) is 17.1 Å². The predicted octanol–water partition coefficient (Wildman–Crippen LogP) is 1.86. The van der Waals surface area contributed by atoms with Gasteiger partial charge in [0.05, 0.1) is 12.3 Å². The minimum Gasteiger partial charge on any atom is -0.494 e. The minimum absolute atomic E-state index is 0.209. The van der Waals surface area contributed by atoms with Crippen LogP contribution in [-0.4, -0.2) is 16.6 Å². The summed E-state index contributed by atoms with van der Waals surface area (Å²) in [6.07, 6.45) is 0. The van der Waals surface area contributed by atoms with Crippen LogP contribution in [0.1, 0.15) is 25.6 Å². The van der Waals surface area contributed by atoms with Crippen LogP contribution in [0.3, 0.4) is 0 Å². The summed E-state index contributed by atoms with van der Waals surface area (Å²) in [6, 6.07) is 8.56. The fraction of sp³-hybridized carbons (Fsp3) is 0.286. The second kappa shape index (κ2) is 5.67. The van der Waals surface area contributed by atoms with Crippen LogP contribution in [-0.2, 0) is 0 Å². The van der Waals surface area contributed by atoms with Crippen molar-refractivity contribution < 1.29 is 4.74 Å². The minimum atomic E-state index is -0.281. The molecule has 1 aromatic heterocycles. The zero-order valence-corrected chi connectivity index (χ0v) is 11.0. The number of nitrogens with two attached hydrogens (primary N) is 1. The van der Waals surface area contributed by atoms with Crippen molar-refractivity contribution in [3.63, 3.8) is 0 Å². The van der Waals surface area contributed by atoms with E-state index in [1.54, 1.807) is 6.92 Å². The van der Waals surface area contributed by atoms with Crippen molar-refractivity contribution in [3.05, 3.63) is 46.4 Å². The molecule has 0 aliphatic heterocycles. The number of nitrogens with one attached hydrogen (secondary N) is 1. The van der Waals surface area contributed by atoms with Crippen LogP contribution in [0, 0.1) is 0 Å². The molecule has 0 fully saturated rings. The molecule has 5 nitrogen and oxygen atoms in total. The number of rotatable bonds is 4. The molecule has 0 aliphatic rings. The van der Waals surface area contributed by atoms with E-state index in [1.807, 2.05) is 31.2 Å². The Labute approximate surface area is 111 Å². The Bertz CT molecular complexity index is 620. The summed E-state index contributed by atoms with van der Waals surface area (Å²) < 4.78 is 5.43. The largest absolute Gasteiger partial charge is 0.494 e. The number of aromatic nitrogens is 2. The monoisotopic (exact) mass is 259 g/mol. The highest BCUT2D eigenvalue weighted by molar-refractivity contribution is 5.57. The molecule has 0 amide bonds. The van der Waals surface area contributed by atoms with Gasteiger partial charge in [0.15, 0.2) is 0 Å². The molecule has 3 N–H and O–H groups in total. The lowest BCUT2D eigenvalue weighted by Crippen LogP contribution is -2.15. The summed E-state index contributed by atoms with van der Waals surface area (Å²) in [4.78, 5) is 18.7. The van der Waals surface area contributed by atoms with Gasteiger partial charge in [0.2, 0.25) is 0 Å². The maximum atomic E-state index is 11.6. The SMILES string of the molecule is CCOc1cccc(-c2nc(C(C)N)cc(=O)[nH]2)c1. The molecule has 1 aromatic carbocycles. The summed E-state index contributed by atoms with van der Waals surface area (Å²) in [5, 5.41) is 0. The van der Waals surface area contributed by atoms with Crippen LogP contribution in [0.15, 0.2) is 35.1 Å². The van der Waals surface area contributed by atoms with Gasteiger partial charge in [0.1, 0.15) is 11.6 Å². The van der Waals surface area contributed by atoms with Crippen LogP contribution >= 0.6 is 0 Å². The van der Waals surface area contributed by atoms with Crippen molar-refractivity contribution in [2.75, 3.05) is 6.61 Å². The molecule has 0 saturated heterocycles. The molecular formula is C14H17N3O2. The van der Waals surface area contributed by atoms with Crippen LogP contribution < -0.4 is 16.0 Å². The average molecular weight is 259 g/mol. The first-order chi connectivity index (χ1) is 9.10. The van der Waals surface area contributed by atoms with Crippen molar-refractivity contribution in [1.29, 1.82) is 0 Å². The van der Waals surface area contributed by atoms with Gasteiger partial charge in [0, 0.05) is 17.7 Å². The summed E-state index contributed by atoms with van der Waals surface area (Å²) in [5.74, 6) is 1.25. The molecule has 1 heterocycles. The van der Waals surface area contributed by atoms with Gasteiger partial charge in [-0.15, -0.1) is 0 Å². The number of hydrogen-bond acceptors (Lipinski definition) is 4. The Kier molecular flexibility index (Phi) is 3.97. The first kappa shape index (κ1) is 13.3. The third-order valence-corrected chi connectivity index (χ3v) is 2.65. The molecule has 0 saturated carbocycles. The summed E-state index contributed by atoms with van der Waals surface area (Å²) in [6.45, 7) is 4.30. The van der Waals surface area contributed by atoms with Gasteiger partial charge < -0.3 is 15.5 Å². The zero-order valence-electron chi connectivity index (χ0n) is 11.0. The number of benzene rings is 1. The van der Waals surface area contributed by atoms with Gasteiger partial charge in [-0.1, -0.05) is 12.1 Å². The van der Waals surface area contributed by atoms with E-state index < -0.39 is 0 Å². The van der Waals surface area contributed by atoms with Crippen molar-refractivity contribution in [2.45, 2.75) is 19.9 Å². The molecule has 0 bridgehead atoms. The lowest BCUT2D eigenvalue weighted by molar-refractivity contribution is 0.340. The Balaban J connectivity index is 2.46. The lowest BCUT2D eigenvalue weighted by Gasteiger charge is -2.08. The third kappa shape index (κ3) is 3.20. The number of aromatic amines is 1. The zero-order chi connectivity index (χ0) is 13.8. The number of hydrogen-bond donors (Lipinski definition) is 2. The highest BCUT2D eigenvalue weighted by Gasteiger charge is 2.08. The lowest BCUT2D eigenvalue weighted by atomic mass is 10.2. The second-order valence-corrected chi connectivity index (χ2v) is 4.27. The van der Waals surface area contributed by atoms with E-state index in [2.05, 4.69) is 9.97 Å². The fourth-order valence-corrected chi connectivity index (χ4v) is 1.75. The molecule has 100 valence electrons. The third-order valence-electron chi connectivity index (χ3n) is 2.65. The molecule has 5 heteroatoms. The predicted molar refractivity (Wildman–Crippen MR) is 74.1 cm³/mol. The van der Waals surface area contributed by atoms with Gasteiger partial charge in [0.25, 0.3) is 5.56 Å². The van der Waals surface area contributed by atoms with E-state index in [4.69, 9.17) is 10.5 Å². The van der Waals surface area contributed by atoms with Crippen LogP contribution in [0.5, 0.6) is 5.75 Å². The Morgan fingerprint density at radius 3 is 2.89 bits per heavy atom. The van der Waals surface area contributed by atoms with E-state index in [9.17, 15) is 4.79 Å². The maximum absolute atomic E-state index is 11.6. The highest BCUT2D eigenvalue weighted by atomic mass is 16.5. The van der Waals surface area contributed by atoms with Crippen molar-refractivity contribution >= 4 is 0 Å². The van der Waals surface area contributed by atoms with Crippen LogP contribution in [0.4, 0.5) is 0 Å². The van der Waals surface area contributed by atoms with E-state index in [0.717, 1.165) is 11.3 Å². The Morgan fingerprint density at radius 2 is 2.21 bits per heavy atom. The molecule has 2 aromatic rings. The summed E-state index contributed by atoms with van der Waals surface area (Å²) >= 11 is 0. The van der Waals surface area contributed by atoms with Gasteiger partial charge in [-0.05, 0) is 26.0 Å². The van der Waals surface area contributed by atoms with Gasteiger partial charge in [-0.25, -0.2) is 4.98 Å². The summed E-state index contributed by atoms with van der Waals surface area (Å²) in [7, 11) is 0. The molecule has 1 unspecified atom stereocenters. The van der Waals surface area contributed by atoms with Gasteiger partial charge in [-0.3, -0.25) is 4.79 Å². The number of H-pyrrole nitrogens is 1. The van der Waals surface area contributed by atoms with Crippen LogP contribution in [0.25, 0.3) is 11.4 Å². The molecule has 2 rings (SSSR count). The molecule has 0 radical (unpaired) electrons. The van der Waals surface area contributed by atoms with Crippen LogP contribution in [0.2, 0.25) is 0 Å². The quantitative estimate of drug-likeness (QED) is 0.878. The second-order valence-electron chi connectivity index (χ2n) is 4.27. The maximum Gasteiger partial charge on any atom is 0.251 e. The average Bonchev–Trinajstić information content (AvgIpc) is 2.38. The molecule has 1 atom stereocenters. The molecule has 19 heavy (non-hydrogen) atoms. The van der Waals surface area contributed by atoms with E-state index >= 15 is 0 Å². The van der Waals surface area contributed by atoms with E-state index in [1.165, 1.54) is 6.07 Å². The number of nitrogens with zero attached hydrogens (tertiary/aromatic N) is 1. The van der Waals surface area contributed by atoms with Crippen molar-refractivity contribution in [1.82, 2.24) is 9.97 Å². The Hall–Kier alpha value is -2.14. The first-order valence-corrected chi connectivity index (χ1v) is 6.20. The normalized spacial score (nSPS) is 12.2. The summed E-state index contributed by atoms with van der Waals surface area (Å²) in [5.41, 5.74) is 6.92. The smallest absolute Gasteiger partial charge is 0.251 e. The topological polar surface area (TPSA) is 81.0 Å². The first-order valence-electron chi connectivity index (χ1n) is 6.20. The van der Waals surface area contributed by atoms with Gasteiger partial charge in [-0.2, -0.15) is 0 Å². The molecule has 0 aliphatic carbocycles. The fourth-order valence-electron chi connectivity index (χ4n) is 1.75. The Morgan fingerprint density at radius 1 is 1.42 bits per heavy atom. The van der Waals surface area contributed by atoms with Gasteiger partial charge >= 0.3 is 0 Å². The van der Waals surface area contributed by atoms with Crippen molar-refractivity contribution in [2.24, 2.45) is 5.73 Å². The molecular weight excluding hydrogens is 242 g/mol. The number of ether oxygens (including phenoxy) is 1. The van der Waals surface area contributed by atoms with E-state index in [-0.39, 0.29) is 11.6 Å². The van der Waals surface area contributed by atoms with E-state index in [0.29, 0.717) is 18.1 Å².